The van der Waals surface area contributed by atoms with Gasteiger partial charge in [0.2, 0.25) is 0 Å². The average Bonchev–Trinajstić information content (AvgIpc) is 2.79. The molecular weight excluding hydrogens is 444 g/mol. The normalized spacial score (nSPS) is 32.8. The van der Waals surface area contributed by atoms with E-state index in [1.807, 2.05) is 36.2 Å². The Morgan fingerprint density at radius 3 is 2.37 bits per heavy atom. The second kappa shape index (κ2) is 8.08. The molecule has 0 saturated heterocycles. The van der Waals surface area contributed by atoms with Gasteiger partial charge in [0.1, 0.15) is 5.70 Å². The molecule has 6 aliphatic rings. The lowest BCUT2D eigenvalue weighted by Crippen LogP contribution is -2.59. The van der Waals surface area contributed by atoms with Crippen LogP contribution in [0.1, 0.15) is 48.9 Å². The predicted octanol–water partition coefficient (Wildman–Crippen LogP) is 1.91. The third kappa shape index (κ3) is 4.05. The van der Waals surface area contributed by atoms with Crippen molar-refractivity contribution in [3.05, 3.63) is 46.6 Å². The summed E-state index contributed by atoms with van der Waals surface area (Å²) in [6, 6.07) is 7.57. The number of nitroso groups, excluding NO2 is 1. The molecule has 0 radical (unpaired) electrons. The Bertz CT molecular complexity index is 1180. The number of likely N-dealkylation sites (N-methyl/N-ethyl adjacent to an activating group) is 1. The molecule has 4 aliphatic carbocycles. The summed E-state index contributed by atoms with van der Waals surface area (Å²) in [5.74, 6) is 2.42. The molecule has 4 fully saturated rings. The molecule has 4 bridgehead atoms. The van der Waals surface area contributed by atoms with Crippen molar-refractivity contribution in [3.8, 4) is 0 Å². The number of rotatable bonds is 5. The van der Waals surface area contributed by atoms with Crippen molar-refractivity contribution in [1.29, 1.82) is 0 Å². The Balaban J connectivity index is 1.12. The Hall–Kier alpha value is -3.40. The van der Waals surface area contributed by atoms with Gasteiger partial charge in [0.05, 0.1) is 6.54 Å². The molecule has 10 heteroatoms. The monoisotopic (exact) mass is 475 g/mol. The molecule has 0 aromatic heterocycles. The van der Waals surface area contributed by atoms with Crippen molar-refractivity contribution in [2.45, 2.75) is 50.2 Å². The van der Waals surface area contributed by atoms with Crippen LogP contribution in [-0.2, 0) is 0 Å². The van der Waals surface area contributed by atoms with E-state index in [1.54, 1.807) is 0 Å². The fourth-order valence-electron chi connectivity index (χ4n) is 7.04. The third-order valence-electron chi connectivity index (χ3n) is 8.13. The van der Waals surface area contributed by atoms with Crippen molar-refractivity contribution in [3.63, 3.8) is 0 Å². The number of nitrogens with one attached hydrogen (secondary N) is 1. The fraction of sp³-hybridized carbons (Fsp3) is 0.520. The number of anilines is 1. The summed E-state index contributed by atoms with van der Waals surface area (Å²) >= 11 is 0. The van der Waals surface area contributed by atoms with Gasteiger partial charge in [-0.15, -0.1) is 0 Å². The maximum absolute atomic E-state index is 13.1. The van der Waals surface area contributed by atoms with E-state index >= 15 is 0 Å². The topological polar surface area (TPSA) is 142 Å². The van der Waals surface area contributed by atoms with Crippen LogP contribution in [0.2, 0.25) is 0 Å². The molecule has 5 N–H and O–H groups in total. The third-order valence-corrected chi connectivity index (χ3v) is 8.13. The second-order valence-corrected chi connectivity index (χ2v) is 10.9. The minimum atomic E-state index is -0.820. The highest BCUT2D eigenvalue weighted by Gasteiger charge is 2.51. The molecule has 35 heavy (non-hydrogen) atoms. The van der Waals surface area contributed by atoms with Crippen LogP contribution in [0, 0.1) is 22.7 Å². The van der Waals surface area contributed by atoms with Crippen molar-refractivity contribution < 1.29 is 9.55 Å². The zero-order valence-corrected chi connectivity index (χ0v) is 19.9. The lowest BCUT2D eigenvalue weighted by Gasteiger charge is -2.56. The fourth-order valence-corrected chi connectivity index (χ4v) is 7.04. The highest BCUT2D eigenvalue weighted by atomic mass is 16.3. The number of carbonyl (C=O) groups excluding carboxylic acids is 1. The van der Waals surface area contributed by atoms with E-state index < -0.39 is 6.17 Å². The molecule has 1 amide bonds. The van der Waals surface area contributed by atoms with Crippen molar-refractivity contribution >= 4 is 29.1 Å². The van der Waals surface area contributed by atoms with Gasteiger partial charge in [0.25, 0.3) is 5.91 Å². The lowest BCUT2D eigenvalue weighted by atomic mass is 9.53. The molecule has 1 aromatic carbocycles. The van der Waals surface area contributed by atoms with Gasteiger partial charge in [-0.25, -0.2) is 9.98 Å². The van der Waals surface area contributed by atoms with E-state index in [1.165, 1.54) is 25.5 Å². The predicted molar refractivity (Wildman–Crippen MR) is 134 cm³/mol. The van der Waals surface area contributed by atoms with Crippen LogP contribution >= 0.6 is 0 Å². The number of nitrogens with two attached hydrogens (primary N) is 2. The van der Waals surface area contributed by atoms with Crippen LogP contribution in [0.5, 0.6) is 0 Å². The quantitative estimate of drug-likeness (QED) is 0.558. The molecule has 1 aromatic rings. The van der Waals surface area contributed by atoms with Crippen LogP contribution in [0.15, 0.2) is 51.1 Å². The van der Waals surface area contributed by atoms with Crippen LogP contribution in [0.25, 0.3) is 0 Å². The first-order chi connectivity index (χ1) is 16.8. The number of nitrogens with zero attached hydrogens (tertiary/aromatic N) is 5. The maximum atomic E-state index is 13.1. The first-order valence-corrected chi connectivity index (χ1v) is 12.3. The summed E-state index contributed by atoms with van der Waals surface area (Å²) in [6.07, 6.45) is 8.00. The van der Waals surface area contributed by atoms with Crippen molar-refractivity contribution in [2.75, 3.05) is 18.5 Å². The van der Waals surface area contributed by atoms with Gasteiger partial charge in [-0.1, -0.05) is 4.91 Å². The van der Waals surface area contributed by atoms with Crippen molar-refractivity contribution in [2.24, 2.45) is 44.2 Å². The van der Waals surface area contributed by atoms with E-state index in [2.05, 4.69) is 20.3 Å². The highest BCUT2D eigenvalue weighted by molar-refractivity contribution is 6.43. The molecule has 182 valence electrons. The van der Waals surface area contributed by atoms with Gasteiger partial charge in [-0.2, -0.15) is 0 Å². The Kier molecular flexibility index (Phi) is 5.10. The average molecular weight is 476 g/mol. The summed E-state index contributed by atoms with van der Waals surface area (Å²) in [6.45, 7) is 0.375. The van der Waals surface area contributed by atoms with Crippen molar-refractivity contribution in [1.82, 2.24) is 5.32 Å². The van der Waals surface area contributed by atoms with E-state index in [0.29, 0.717) is 28.3 Å². The number of benzene rings is 1. The van der Waals surface area contributed by atoms with Crippen LogP contribution < -0.4 is 21.7 Å². The van der Waals surface area contributed by atoms with Gasteiger partial charge < -0.3 is 21.7 Å². The molecule has 10 nitrogen and oxygen atoms in total. The Morgan fingerprint density at radius 1 is 1.11 bits per heavy atom. The van der Waals surface area contributed by atoms with E-state index in [4.69, 9.17) is 11.5 Å². The summed E-state index contributed by atoms with van der Waals surface area (Å²) in [5.41, 5.74) is 14.0. The molecule has 1 unspecified atom stereocenters. The molecular formula is C25H31N8O2+. The summed E-state index contributed by atoms with van der Waals surface area (Å²) in [5, 5.41) is 3.43. The maximum Gasteiger partial charge on any atom is 0.395 e. The minimum absolute atomic E-state index is 0.00499. The zero-order chi connectivity index (χ0) is 24.3. The molecule has 2 aliphatic heterocycles. The molecule has 7 rings (SSSR count). The molecule has 0 spiro atoms. The van der Waals surface area contributed by atoms with Gasteiger partial charge >= 0.3 is 11.8 Å². The number of guanidine groups is 1. The van der Waals surface area contributed by atoms with Gasteiger partial charge in [-0.3, -0.25) is 4.79 Å². The van der Waals surface area contributed by atoms with Gasteiger partial charge in [-0.05, 0) is 80.5 Å². The molecule has 1 atom stereocenters. The Labute approximate surface area is 203 Å². The number of carbonyl (C=O) groups is 1. The SMILES string of the molecule is CN(CC1=C[N+](=O)C2=NC(N)=NC(N)C2=N1)c1ccc(C(=O)NC23CC4CC(CC(C4)C2)C3)cc1. The number of fused-ring (bicyclic) bond motifs is 1. The minimum Gasteiger partial charge on any atom is -0.369 e. The van der Waals surface area contributed by atoms with Crippen LogP contribution in [0.3, 0.4) is 0 Å². The summed E-state index contributed by atoms with van der Waals surface area (Å²) < 4.78 is 0.630. The zero-order valence-electron chi connectivity index (χ0n) is 19.9. The number of hydrogen-bond donors (Lipinski definition) is 3. The number of amidine groups is 1. The van der Waals surface area contributed by atoms with Gasteiger partial charge in [0.15, 0.2) is 18.1 Å². The molecule has 4 saturated carbocycles. The second-order valence-electron chi connectivity index (χ2n) is 10.9. The first kappa shape index (κ1) is 22.1. The smallest absolute Gasteiger partial charge is 0.369 e. The Morgan fingerprint density at radius 2 is 1.74 bits per heavy atom. The molecule has 2 heterocycles. The summed E-state index contributed by atoms with van der Waals surface area (Å²) in [7, 11) is 1.90. The first-order valence-electron chi connectivity index (χ1n) is 12.3. The van der Waals surface area contributed by atoms with Gasteiger partial charge in [0, 0.05) is 33.6 Å². The van der Waals surface area contributed by atoms with E-state index in [0.717, 1.165) is 42.7 Å². The van der Waals surface area contributed by atoms with Crippen LogP contribution in [-0.4, -0.2) is 53.5 Å². The highest BCUT2D eigenvalue weighted by Crippen LogP contribution is 2.55. The number of amides is 1. The standard InChI is InChI=1S/C25H30N8O2/c1-32(12-18-13-33(35)22-20(28-18)21(26)29-24(27)30-22)19-4-2-17(3-5-19)23(34)31-25-9-14-6-15(10-25)8-16(7-14)11-25/h2-5,13-16,21H,6-12,26H2,1H3,(H2-,27,29,31,34)/p+1. The van der Waals surface area contributed by atoms with Crippen LogP contribution in [0.4, 0.5) is 5.69 Å². The largest absolute Gasteiger partial charge is 0.395 e. The van der Waals surface area contributed by atoms with E-state index in [-0.39, 0.29) is 23.2 Å². The lowest BCUT2D eigenvalue weighted by molar-refractivity contribution is -0.348. The van der Waals surface area contributed by atoms with E-state index in [9.17, 15) is 9.70 Å². The number of hydrogen-bond acceptors (Lipinski definition) is 8. The summed E-state index contributed by atoms with van der Waals surface area (Å²) in [4.78, 5) is 39.9. The number of aliphatic imine (C=N–C) groups is 3.